The molecule has 150 valence electrons. The third-order valence-corrected chi connectivity index (χ3v) is 5.07. The molecule has 0 aliphatic heterocycles. The minimum absolute atomic E-state index is 0.0827. The maximum absolute atomic E-state index is 12.7. The molecule has 1 N–H and O–H groups in total. The van der Waals surface area contributed by atoms with Crippen LogP contribution >= 0.6 is 23.2 Å². The van der Waals surface area contributed by atoms with Crippen LogP contribution in [0.5, 0.6) is 0 Å². The van der Waals surface area contributed by atoms with Gasteiger partial charge in [-0.15, -0.1) is 0 Å². The second-order valence-corrected chi connectivity index (χ2v) is 7.15. The maximum Gasteiger partial charge on any atom is 0.292 e. The standard InChI is InChI=1S/C21H15Cl2N5O2/c1-12-5-3-4-6-18(12)28-21(30)15(10-24)13(2)19(27-28)20(29)26-25-11-14-7-8-16(22)17(23)9-14/h3-9,11H,1-2H3,(H,26,29)/b25-11+. The molecule has 2 aromatic carbocycles. The van der Waals surface area contributed by atoms with Crippen molar-refractivity contribution in [3.05, 3.63) is 90.8 Å². The Bertz CT molecular complexity index is 1280. The topological polar surface area (TPSA) is 100 Å². The summed E-state index contributed by atoms with van der Waals surface area (Å²) in [6.45, 7) is 3.30. The number of rotatable bonds is 4. The molecule has 1 heterocycles. The number of nitrogens with zero attached hydrogens (tertiary/aromatic N) is 4. The van der Waals surface area contributed by atoms with Gasteiger partial charge in [-0.25, -0.2) is 5.43 Å². The largest absolute Gasteiger partial charge is 0.292 e. The number of hydrogen-bond donors (Lipinski definition) is 1. The van der Waals surface area contributed by atoms with Crippen LogP contribution in [0.1, 0.15) is 32.7 Å². The summed E-state index contributed by atoms with van der Waals surface area (Å²) >= 11 is 11.8. The summed E-state index contributed by atoms with van der Waals surface area (Å²) in [5, 5.41) is 18.3. The Hall–Kier alpha value is -3.47. The first-order chi connectivity index (χ1) is 14.3. The molecule has 3 aromatic rings. The normalized spacial score (nSPS) is 10.8. The highest BCUT2D eigenvalue weighted by Gasteiger charge is 2.20. The molecule has 0 saturated heterocycles. The van der Waals surface area contributed by atoms with E-state index in [1.54, 1.807) is 43.3 Å². The van der Waals surface area contributed by atoms with Crippen LogP contribution in [0.2, 0.25) is 10.0 Å². The van der Waals surface area contributed by atoms with Crippen molar-refractivity contribution in [1.82, 2.24) is 15.2 Å². The van der Waals surface area contributed by atoms with Crippen LogP contribution < -0.4 is 11.0 Å². The first-order valence-electron chi connectivity index (χ1n) is 8.72. The highest BCUT2D eigenvalue weighted by Crippen LogP contribution is 2.21. The van der Waals surface area contributed by atoms with E-state index in [4.69, 9.17) is 23.2 Å². The molecule has 0 unspecified atom stereocenters. The van der Waals surface area contributed by atoms with Crippen LogP contribution in [-0.2, 0) is 0 Å². The minimum atomic E-state index is -0.664. The zero-order chi connectivity index (χ0) is 21.8. The predicted molar refractivity (Wildman–Crippen MR) is 116 cm³/mol. The van der Waals surface area contributed by atoms with Gasteiger partial charge in [-0.3, -0.25) is 9.59 Å². The Morgan fingerprint density at radius 3 is 2.60 bits per heavy atom. The van der Waals surface area contributed by atoms with E-state index in [1.165, 1.54) is 13.1 Å². The number of aryl methyl sites for hydroxylation is 1. The van der Waals surface area contributed by atoms with Gasteiger partial charge in [-0.1, -0.05) is 47.5 Å². The molecule has 0 spiro atoms. The van der Waals surface area contributed by atoms with E-state index < -0.39 is 11.5 Å². The fraction of sp³-hybridized carbons (Fsp3) is 0.0952. The van der Waals surface area contributed by atoms with Gasteiger partial charge in [-0.2, -0.15) is 20.1 Å². The summed E-state index contributed by atoms with van der Waals surface area (Å²) < 4.78 is 1.05. The van der Waals surface area contributed by atoms with Crippen LogP contribution in [0.15, 0.2) is 52.4 Å². The molecule has 1 amide bonds. The van der Waals surface area contributed by atoms with Crippen molar-refractivity contribution >= 4 is 35.3 Å². The van der Waals surface area contributed by atoms with Crippen molar-refractivity contribution in [2.24, 2.45) is 5.10 Å². The smallest absolute Gasteiger partial charge is 0.266 e. The molecule has 1 aromatic heterocycles. The van der Waals surface area contributed by atoms with Crippen molar-refractivity contribution in [2.75, 3.05) is 0 Å². The minimum Gasteiger partial charge on any atom is -0.266 e. The van der Waals surface area contributed by atoms with Crippen molar-refractivity contribution in [3.63, 3.8) is 0 Å². The van der Waals surface area contributed by atoms with E-state index >= 15 is 0 Å². The van der Waals surface area contributed by atoms with E-state index in [9.17, 15) is 14.9 Å². The Morgan fingerprint density at radius 2 is 1.93 bits per heavy atom. The molecule has 3 rings (SSSR count). The lowest BCUT2D eigenvalue weighted by Crippen LogP contribution is -2.31. The summed E-state index contributed by atoms with van der Waals surface area (Å²) in [6.07, 6.45) is 1.39. The molecule has 0 atom stereocenters. The highest BCUT2D eigenvalue weighted by molar-refractivity contribution is 6.42. The quantitative estimate of drug-likeness (QED) is 0.493. The van der Waals surface area contributed by atoms with Crippen molar-refractivity contribution in [3.8, 4) is 11.8 Å². The average molecular weight is 440 g/mol. The first-order valence-corrected chi connectivity index (χ1v) is 9.47. The molecule has 0 aliphatic rings. The number of hydrogen-bond acceptors (Lipinski definition) is 5. The zero-order valence-electron chi connectivity index (χ0n) is 16.0. The fourth-order valence-electron chi connectivity index (χ4n) is 2.73. The summed E-state index contributed by atoms with van der Waals surface area (Å²) in [7, 11) is 0. The number of hydrazone groups is 1. The van der Waals surface area contributed by atoms with Crippen LogP contribution in [0, 0.1) is 25.2 Å². The monoisotopic (exact) mass is 439 g/mol. The van der Waals surface area contributed by atoms with Gasteiger partial charge in [0.05, 0.1) is 21.9 Å². The number of amides is 1. The van der Waals surface area contributed by atoms with Crippen LogP contribution in [0.25, 0.3) is 5.69 Å². The number of benzene rings is 2. The average Bonchev–Trinajstić information content (AvgIpc) is 2.72. The molecule has 0 saturated carbocycles. The summed E-state index contributed by atoms with van der Waals surface area (Å²) in [4.78, 5) is 25.4. The molecule has 0 radical (unpaired) electrons. The lowest BCUT2D eigenvalue weighted by Gasteiger charge is -2.12. The SMILES string of the molecule is Cc1ccccc1-n1nc(C(=O)N/N=C/c2ccc(Cl)c(Cl)c2)c(C)c(C#N)c1=O. The van der Waals surface area contributed by atoms with E-state index in [1.807, 2.05) is 12.1 Å². The van der Waals surface area contributed by atoms with E-state index in [-0.39, 0.29) is 16.8 Å². The maximum atomic E-state index is 12.7. The molecule has 0 aliphatic carbocycles. The Balaban J connectivity index is 1.97. The number of halogens is 2. The summed E-state index contributed by atoms with van der Waals surface area (Å²) in [5.41, 5.74) is 3.56. The second kappa shape index (κ2) is 8.91. The van der Waals surface area contributed by atoms with E-state index in [0.29, 0.717) is 21.3 Å². The summed E-state index contributed by atoms with van der Waals surface area (Å²) in [5.74, 6) is -0.664. The van der Waals surface area contributed by atoms with Crippen molar-refractivity contribution in [1.29, 1.82) is 5.26 Å². The van der Waals surface area contributed by atoms with Gasteiger partial charge in [0, 0.05) is 5.56 Å². The molecular weight excluding hydrogens is 425 g/mol. The second-order valence-electron chi connectivity index (χ2n) is 6.34. The van der Waals surface area contributed by atoms with Gasteiger partial charge in [0.15, 0.2) is 5.69 Å². The van der Waals surface area contributed by atoms with Crippen molar-refractivity contribution < 1.29 is 4.79 Å². The molecule has 0 fully saturated rings. The van der Waals surface area contributed by atoms with Gasteiger partial charge in [0.1, 0.15) is 11.6 Å². The van der Waals surface area contributed by atoms with Gasteiger partial charge in [-0.05, 0) is 43.2 Å². The number of aromatic nitrogens is 2. The van der Waals surface area contributed by atoms with Gasteiger partial charge < -0.3 is 0 Å². The van der Waals surface area contributed by atoms with E-state index in [0.717, 1.165) is 10.2 Å². The summed E-state index contributed by atoms with van der Waals surface area (Å²) in [6, 6.07) is 13.8. The third kappa shape index (κ3) is 4.25. The fourth-order valence-corrected chi connectivity index (χ4v) is 3.03. The first kappa shape index (κ1) is 21.2. The van der Waals surface area contributed by atoms with Crippen LogP contribution in [0.3, 0.4) is 0 Å². The predicted octanol–water partition coefficient (Wildman–Crippen LogP) is 3.79. The lowest BCUT2D eigenvalue weighted by atomic mass is 10.1. The molecule has 0 bridgehead atoms. The molecule has 30 heavy (non-hydrogen) atoms. The van der Waals surface area contributed by atoms with Gasteiger partial charge in [0.2, 0.25) is 0 Å². The molecular formula is C21H15Cl2N5O2. The third-order valence-electron chi connectivity index (χ3n) is 4.33. The number of carbonyl (C=O) groups is 1. The molecule has 9 heteroatoms. The lowest BCUT2D eigenvalue weighted by molar-refractivity contribution is 0.0947. The highest BCUT2D eigenvalue weighted by atomic mass is 35.5. The number of nitriles is 1. The Morgan fingerprint density at radius 1 is 1.20 bits per heavy atom. The Kier molecular flexibility index (Phi) is 6.31. The Labute approximate surface area is 182 Å². The molecule has 7 nitrogen and oxygen atoms in total. The zero-order valence-corrected chi connectivity index (χ0v) is 17.5. The van der Waals surface area contributed by atoms with Gasteiger partial charge in [0.25, 0.3) is 11.5 Å². The van der Waals surface area contributed by atoms with Crippen molar-refractivity contribution in [2.45, 2.75) is 13.8 Å². The van der Waals surface area contributed by atoms with Crippen LogP contribution in [-0.4, -0.2) is 21.9 Å². The number of carbonyl (C=O) groups excluding carboxylic acids is 1. The van der Waals surface area contributed by atoms with E-state index in [2.05, 4.69) is 15.6 Å². The number of nitrogens with one attached hydrogen (secondary N) is 1. The van der Waals surface area contributed by atoms with Crippen LogP contribution in [0.4, 0.5) is 0 Å². The van der Waals surface area contributed by atoms with Gasteiger partial charge >= 0.3 is 0 Å². The number of para-hydroxylation sites is 1.